The van der Waals surface area contributed by atoms with Crippen LogP contribution in [0, 0.1) is 10.1 Å². The van der Waals surface area contributed by atoms with Crippen LogP contribution in [0.5, 0.6) is 0 Å². The van der Waals surface area contributed by atoms with Gasteiger partial charge < -0.3 is 20.5 Å². The molecule has 0 unspecified atom stereocenters. The van der Waals surface area contributed by atoms with Crippen LogP contribution in [-0.2, 0) is 19.4 Å². The Morgan fingerprint density at radius 1 is 1.14 bits per heavy atom. The quantitative estimate of drug-likeness (QED) is 0.188. The number of aromatic nitrogens is 1. The first-order valence-electron chi connectivity index (χ1n) is 9.55. The molecule has 2 rings (SSSR count). The number of non-ortho nitro benzene ring substituents is 1. The lowest BCUT2D eigenvalue weighted by Crippen LogP contribution is -2.39. The summed E-state index contributed by atoms with van der Waals surface area (Å²) in [6.45, 7) is 8.68. The Labute approximate surface area is 164 Å². The van der Waals surface area contributed by atoms with Gasteiger partial charge in [0.2, 0.25) is 0 Å². The van der Waals surface area contributed by atoms with Gasteiger partial charge in [0.15, 0.2) is 5.96 Å². The Morgan fingerprint density at radius 2 is 1.89 bits per heavy atom. The molecule has 0 aliphatic carbocycles. The molecule has 152 valence electrons. The predicted octanol–water partition coefficient (Wildman–Crippen LogP) is 2.87. The highest BCUT2D eigenvalue weighted by Crippen LogP contribution is 2.17. The zero-order chi connectivity index (χ0) is 20.4. The topological polar surface area (TPSA) is 118 Å². The minimum atomic E-state index is -0.409. The summed E-state index contributed by atoms with van der Waals surface area (Å²) in [4.78, 5) is 14.9. The summed E-state index contributed by atoms with van der Waals surface area (Å²) in [5, 5.41) is 24.5. The maximum Gasteiger partial charge on any atom is 0.269 e. The van der Waals surface area contributed by atoms with Crippen LogP contribution in [0.25, 0.3) is 0 Å². The van der Waals surface area contributed by atoms with Gasteiger partial charge in [-0.1, -0.05) is 19.0 Å². The molecule has 1 heterocycles. The fourth-order valence-corrected chi connectivity index (χ4v) is 2.71. The van der Waals surface area contributed by atoms with Crippen molar-refractivity contribution in [2.45, 2.75) is 40.2 Å². The van der Waals surface area contributed by atoms with Crippen molar-refractivity contribution in [2.75, 3.05) is 25.0 Å². The number of hydrogen-bond donors (Lipinski definition) is 3. The fourth-order valence-electron chi connectivity index (χ4n) is 2.71. The van der Waals surface area contributed by atoms with Crippen LogP contribution < -0.4 is 16.0 Å². The first-order valence-corrected chi connectivity index (χ1v) is 9.55. The van der Waals surface area contributed by atoms with Crippen LogP contribution in [0.3, 0.4) is 0 Å². The number of nitro groups is 1. The van der Waals surface area contributed by atoms with Gasteiger partial charge in [0.25, 0.3) is 5.69 Å². The van der Waals surface area contributed by atoms with Gasteiger partial charge in [-0.05, 0) is 25.5 Å². The maximum atomic E-state index is 10.7. The van der Waals surface area contributed by atoms with Crippen LogP contribution in [0.2, 0.25) is 0 Å². The lowest BCUT2D eigenvalue weighted by molar-refractivity contribution is -0.384. The van der Waals surface area contributed by atoms with Crippen molar-refractivity contribution in [3.63, 3.8) is 0 Å². The number of guanidine groups is 1. The summed E-state index contributed by atoms with van der Waals surface area (Å²) < 4.78 is 5.39. The molecule has 0 radical (unpaired) electrons. The second-order valence-corrected chi connectivity index (χ2v) is 6.09. The third kappa shape index (κ3) is 5.97. The zero-order valence-corrected chi connectivity index (χ0v) is 16.6. The molecule has 9 nitrogen and oxygen atoms in total. The van der Waals surface area contributed by atoms with Crippen LogP contribution in [0.1, 0.15) is 37.8 Å². The Bertz CT molecular complexity index is 764. The van der Waals surface area contributed by atoms with Crippen molar-refractivity contribution in [1.82, 2.24) is 15.8 Å². The second-order valence-electron chi connectivity index (χ2n) is 6.09. The SMILES string of the molecule is CCNC(=NCc1c(CC)noc1CC)NCCNc1ccc([N+](=O)[O-])cc1. The van der Waals surface area contributed by atoms with Gasteiger partial charge in [-0.2, -0.15) is 0 Å². The van der Waals surface area contributed by atoms with E-state index in [-0.39, 0.29) is 5.69 Å². The average molecular weight is 388 g/mol. The van der Waals surface area contributed by atoms with Gasteiger partial charge in [0.05, 0.1) is 17.2 Å². The van der Waals surface area contributed by atoms with Gasteiger partial charge in [0, 0.05) is 49.4 Å². The van der Waals surface area contributed by atoms with Crippen LogP contribution in [0.4, 0.5) is 11.4 Å². The highest BCUT2D eigenvalue weighted by Gasteiger charge is 2.13. The molecule has 0 bridgehead atoms. The lowest BCUT2D eigenvalue weighted by Gasteiger charge is -2.12. The molecule has 28 heavy (non-hydrogen) atoms. The monoisotopic (exact) mass is 388 g/mol. The molecule has 0 aliphatic rings. The lowest BCUT2D eigenvalue weighted by atomic mass is 10.1. The van der Waals surface area contributed by atoms with Gasteiger partial charge in [-0.3, -0.25) is 10.1 Å². The first-order chi connectivity index (χ1) is 13.6. The first kappa shape index (κ1) is 21.2. The molecule has 0 fully saturated rings. The molecule has 0 spiro atoms. The molecule has 0 aliphatic heterocycles. The predicted molar refractivity (Wildman–Crippen MR) is 110 cm³/mol. The minimum Gasteiger partial charge on any atom is -0.383 e. The van der Waals surface area contributed by atoms with Gasteiger partial charge >= 0.3 is 0 Å². The number of aryl methyl sites for hydroxylation is 2. The molecular weight excluding hydrogens is 360 g/mol. The minimum absolute atomic E-state index is 0.0804. The van der Waals surface area contributed by atoms with Crippen molar-refractivity contribution in [3.8, 4) is 0 Å². The summed E-state index contributed by atoms with van der Waals surface area (Å²) in [5.74, 6) is 1.61. The molecule has 3 N–H and O–H groups in total. The van der Waals surface area contributed by atoms with E-state index in [4.69, 9.17) is 4.52 Å². The van der Waals surface area contributed by atoms with Crippen molar-refractivity contribution in [1.29, 1.82) is 0 Å². The molecule has 1 aromatic heterocycles. The van der Waals surface area contributed by atoms with E-state index in [9.17, 15) is 10.1 Å². The largest absolute Gasteiger partial charge is 0.383 e. The van der Waals surface area contributed by atoms with Gasteiger partial charge in [-0.15, -0.1) is 0 Å². The van der Waals surface area contributed by atoms with E-state index in [0.29, 0.717) is 19.6 Å². The van der Waals surface area contributed by atoms with Crippen molar-refractivity contribution < 1.29 is 9.45 Å². The highest BCUT2D eigenvalue weighted by molar-refractivity contribution is 5.79. The number of nitrogens with zero attached hydrogens (tertiary/aromatic N) is 3. The number of hydrogen-bond acceptors (Lipinski definition) is 6. The summed E-state index contributed by atoms with van der Waals surface area (Å²) >= 11 is 0. The number of nitro benzene ring substituents is 1. The van der Waals surface area contributed by atoms with Crippen molar-refractivity contribution >= 4 is 17.3 Å². The number of anilines is 1. The van der Waals surface area contributed by atoms with E-state index < -0.39 is 4.92 Å². The van der Waals surface area contributed by atoms with Gasteiger partial charge in [0.1, 0.15) is 5.76 Å². The Balaban J connectivity index is 1.87. The second kappa shape index (κ2) is 10.9. The number of nitrogens with one attached hydrogen (secondary N) is 3. The molecule has 0 saturated heterocycles. The van der Waals surface area contributed by atoms with Crippen LogP contribution >= 0.6 is 0 Å². The molecule has 0 amide bonds. The summed E-state index contributed by atoms with van der Waals surface area (Å²) in [5.41, 5.74) is 2.93. The number of aliphatic imine (C=N–C) groups is 1. The van der Waals surface area contributed by atoms with E-state index in [1.54, 1.807) is 12.1 Å². The Kier molecular flexibility index (Phi) is 8.26. The molecule has 9 heteroatoms. The third-order valence-electron chi connectivity index (χ3n) is 4.17. The van der Waals surface area contributed by atoms with Gasteiger partial charge in [-0.25, -0.2) is 4.99 Å². The molecule has 1 aromatic carbocycles. The standard InChI is InChI=1S/C19H28N6O3/c1-4-17-16(18(5-2)28-24-17)13-23-19(20-6-3)22-12-11-21-14-7-9-15(10-8-14)25(26)27/h7-10,21H,4-6,11-13H2,1-3H3,(H2,20,22,23). The van der Waals surface area contributed by atoms with Crippen molar-refractivity contribution in [3.05, 3.63) is 51.4 Å². The molecule has 2 aromatic rings. The smallest absolute Gasteiger partial charge is 0.269 e. The van der Waals surface area contributed by atoms with E-state index >= 15 is 0 Å². The Hall–Kier alpha value is -3.10. The van der Waals surface area contributed by atoms with Crippen molar-refractivity contribution in [2.24, 2.45) is 4.99 Å². The molecule has 0 saturated carbocycles. The number of rotatable bonds is 10. The third-order valence-corrected chi connectivity index (χ3v) is 4.17. The van der Waals surface area contributed by atoms with Crippen LogP contribution in [-0.4, -0.2) is 35.7 Å². The van der Waals surface area contributed by atoms with E-state index in [1.807, 2.05) is 13.8 Å². The van der Waals surface area contributed by atoms with E-state index in [2.05, 4.69) is 33.0 Å². The summed E-state index contributed by atoms with van der Waals surface area (Å²) in [6, 6.07) is 6.36. The average Bonchev–Trinajstić information content (AvgIpc) is 3.11. The number of benzene rings is 1. The molecular formula is C19H28N6O3. The normalized spacial score (nSPS) is 11.3. The van der Waals surface area contributed by atoms with E-state index in [0.717, 1.165) is 48.1 Å². The Morgan fingerprint density at radius 3 is 2.50 bits per heavy atom. The maximum absolute atomic E-state index is 10.7. The van der Waals surface area contributed by atoms with Crippen LogP contribution in [0.15, 0.2) is 33.8 Å². The summed E-state index contributed by atoms with van der Waals surface area (Å²) in [6.07, 6.45) is 1.61. The zero-order valence-electron chi connectivity index (χ0n) is 16.6. The highest BCUT2D eigenvalue weighted by atomic mass is 16.6. The van der Waals surface area contributed by atoms with E-state index in [1.165, 1.54) is 12.1 Å². The summed E-state index contributed by atoms with van der Waals surface area (Å²) in [7, 11) is 0. The molecule has 0 atom stereocenters. The fraction of sp³-hybridized carbons (Fsp3) is 0.474.